The van der Waals surface area contributed by atoms with E-state index in [4.69, 9.17) is 4.42 Å². The zero-order valence-corrected chi connectivity index (χ0v) is 17.7. The van der Waals surface area contributed by atoms with Crippen molar-refractivity contribution in [2.24, 2.45) is 0 Å². The SMILES string of the molecule is Cc1c(C)n(Cc2ccco2)c2ncnc(SCC(=O)Nc3cccc([N+](=O)[O-])c3)c12. The highest BCUT2D eigenvalue weighted by Crippen LogP contribution is 2.32. The summed E-state index contributed by atoms with van der Waals surface area (Å²) in [6, 6.07) is 9.60. The topological polar surface area (TPSA) is 116 Å². The van der Waals surface area contributed by atoms with Crippen molar-refractivity contribution in [2.45, 2.75) is 25.4 Å². The Kier molecular flexibility index (Phi) is 5.72. The molecular weight excluding hydrogens is 418 g/mol. The molecule has 3 aromatic heterocycles. The van der Waals surface area contributed by atoms with Gasteiger partial charge in [0.05, 0.1) is 28.9 Å². The highest BCUT2D eigenvalue weighted by atomic mass is 32.2. The second kappa shape index (κ2) is 8.60. The number of furan rings is 1. The number of rotatable bonds is 7. The van der Waals surface area contributed by atoms with Crippen molar-refractivity contribution in [3.8, 4) is 0 Å². The van der Waals surface area contributed by atoms with Gasteiger partial charge in [-0.3, -0.25) is 14.9 Å². The Balaban J connectivity index is 1.53. The van der Waals surface area contributed by atoms with Gasteiger partial charge >= 0.3 is 0 Å². The summed E-state index contributed by atoms with van der Waals surface area (Å²) < 4.78 is 7.54. The molecule has 0 atom stereocenters. The Morgan fingerprint density at radius 2 is 2.10 bits per heavy atom. The monoisotopic (exact) mass is 437 g/mol. The predicted molar refractivity (Wildman–Crippen MR) is 117 cm³/mol. The second-order valence-corrected chi connectivity index (χ2v) is 7.86. The number of benzene rings is 1. The first-order valence-corrected chi connectivity index (χ1v) is 10.4. The minimum absolute atomic E-state index is 0.0769. The van der Waals surface area contributed by atoms with Crippen molar-refractivity contribution in [1.29, 1.82) is 0 Å². The fourth-order valence-corrected chi connectivity index (χ4v) is 4.18. The Hall–Kier alpha value is -3.66. The number of nitro benzene ring substituents is 1. The number of non-ortho nitro benzene ring substituents is 1. The van der Waals surface area contributed by atoms with Gasteiger partial charge in [0.15, 0.2) is 0 Å². The Bertz CT molecular complexity index is 1270. The van der Waals surface area contributed by atoms with Crippen LogP contribution in [0.5, 0.6) is 0 Å². The van der Waals surface area contributed by atoms with Crippen LogP contribution in [-0.4, -0.2) is 31.1 Å². The molecule has 0 radical (unpaired) electrons. The number of amides is 1. The van der Waals surface area contributed by atoms with Crippen LogP contribution in [0.25, 0.3) is 11.0 Å². The second-order valence-electron chi connectivity index (χ2n) is 6.90. The van der Waals surface area contributed by atoms with Crippen LogP contribution in [0.4, 0.5) is 11.4 Å². The number of nitrogens with one attached hydrogen (secondary N) is 1. The molecule has 9 nitrogen and oxygen atoms in total. The van der Waals surface area contributed by atoms with E-state index >= 15 is 0 Å². The lowest BCUT2D eigenvalue weighted by Crippen LogP contribution is -2.14. The molecule has 1 amide bonds. The number of anilines is 1. The maximum atomic E-state index is 12.4. The first-order chi connectivity index (χ1) is 14.9. The third kappa shape index (κ3) is 4.29. The van der Waals surface area contributed by atoms with E-state index in [2.05, 4.69) is 19.9 Å². The average molecular weight is 437 g/mol. The van der Waals surface area contributed by atoms with E-state index in [-0.39, 0.29) is 17.3 Å². The fraction of sp³-hybridized carbons (Fsp3) is 0.190. The molecule has 0 saturated heterocycles. The van der Waals surface area contributed by atoms with E-state index in [1.54, 1.807) is 12.3 Å². The van der Waals surface area contributed by atoms with Crippen LogP contribution in [0.15, 0.2) is 58.4 Å². The highest BCUT2D eigenvalue weighted by Gasteiger charge is 2.18. The standard InChI is InChI=1S/C21H19N5O4S/c1-13-14(2)25(10-17-7-4-8-30-17)20-19(13)21(23-12-22-20)31-11-18(27)24-15-5-3-6-16(9-15)26(28)29/h3-9,12H,10-11H2,1-2H3,(H,24,27). The molecule has 1 aromatic carbocycles. The molecule has 0 bridgehead atoms. The number of nitrogens with zero attached hydrogens (tertiary/aromatic N) is 4. The molecule has 31 heavy (non-hydrogen) atoms. The summed E-state index contributed by atoms with van der Waals surface area (Å²) in [5, 5.41) is 15.2. The number of aromatic nitrogens is 3. The summed E-state index contributed by atoms with van der Waals surface area (Å²) in [5.74, 6) is 0.655. The first kappa shape index (κ1) is 20.6. The van der Waals surface area contributed by atoms with Gasteiger partial charge in [-0.15, -0.1) is 0 Å². The Labute approximate surface area is 181 Å². The van der Waals surface area contributed by atoms with Crippen molar-refractivity contribution >= 4 is 40.1 Å². The van der Waals surface area contributed by atoms with E-state index in [0.29, 0.717) is 17.3 Å². The average Bonchev–Trinajstić information content (AvgIpc) is 3.36. The summed E-state index contributed by atoms with van der Waals surface area (Å²) in [6.45, 7) is 4.58. The molecule has 0 aliphatic heterocycles. The largest absolute Gasteiger partial charge is 0.467 e. The number of thioether (sulfide) groups is 1. The normalized spacial score (nSPS) is 11.0. The van der Waals surface area contributed by atoms with Crippen LogP contribution in [0, 0.1) is 24.0 Å². The maximum absolute atomic E-state index is 12.4. The Morgan fingerprint density at radius 1 is 1.26 bits per heavy atom. The molecule has 3 heterocycles. The van der Waals surface area contributed by atoms with E-state index < -0.39 is 4.92 Å². The first-order valence-electron chi connectivity index (χ1n) is 9.44. The van der Waals surface area contributed by atoms with Gasteiger partial charge in [-0.1, -0.05) is 17.8 Å². The van der Waals surface area contributed by atoms with E-state index in [9.17, 15) is 14.9 Å². The van der Waals surface area contributed by atoms with Gasteiger partial charge in [0.2, 0.25) is 5.91 Å². The van der Waals surface area contributed by atoms with Crippen molar-refractivity contribution < 1.29 is 14.1 Å². The fourth-order valence-electron chi connectivity index (χ4n) is 3.33. The molecule has 0 unspecified atom stereocenters. The van der Waals surface area contributed by atoms with Gasteiger partial charge in [0.25, 0.3) is 5.69 Å². The number of hydrogen-bond donors (Lipinski definition) is 1. The molecule has 0 aliphatic carbocycles. The van der Waals surface area contributed by atoms with Gasteiger partial charge in [-0.2, -0.15) is 0 Å². The quantitative estimate of drug-likeness (QED) is 0.198. The van der Waals surface area contributed by atoms with Crippen molar-refractivity contribution in [3.05, 3.63) is 76.1 Å². The summed E-state index contributed by atoms with van der Waals surface area (Å²) in [5.41, 5.74) is 3.18. The van der Waals surface area contributed by atoms with Crippen LogP contribution in [0.3, 0.4) is 0 Å². The lowest BCUT2D eigenvalue weighted by atomic mass is 10.2. The van der Waals surface area contributed by atoms with E-state index in [0.717, 1.165) is 28.1 Å². The van der Waals surface area contributed by atoms with Crippen molar-refractivity contribution in [2.75, 3.05) is 11.1 Å². The van der Waals surface area contributed by atoms with Gasteiger partial charge in [-0.25, -0.2) is 9.97 Å². The van der Waals surface area contributed by atoms with Crippen LogP contribution >= 0.6 is 11.8 Å². The van der Waals surface area contributed by atoms with Crippen molar-refractivity contribution in [1.82, 2.24) is 14.5 Å². The zero-order valence-electron chi connectivity index (χ0n) is 16.9. The van der Waals surface area contributed by atoms with Crippen LogP contribution < -0.4 is 5.32 Å². The number of carbonyl (C=O) groups is 1. The summed E-state index contributed by atoms with van der Waals surface area (Å²) in [6.07, 6.45) is 3.13. The van der Waals surface area contributed by atoms with Gasteiger partial charge in [-0.05, 0) is 37.6 Å². The third-order valence-electron chi connectivity index (χ3n) is 4.95. The molecule has 10 heteroatoms. The van der Waals surface area contributed by atoms with Crippen LogP contribution in [0.1, 0.15) is 17.0 Å². The third-order valence-corrected chi connectivity index (χ3v) is 5.93. The zero-order chi connectivity index (χ0) is 22.0. The van der Waals surface area contributed by atoms with Gasteiger partial charge in [0.1, 0.15) is 22.8 Å². The Morgan fingerprint density at radius 3 is 2.84 bits per heavy atom. The minimum Gasteiger partial charge on any atom is -0.467 e. The van der Waals surface area contributed by atoms with Crippen molar-refractivity contribution in [3.63, 3.8) is 0 Å². The molecule has 0 aliphatic rings. The number of hydrogen-bond acceptors (Lipinski definition) is 7. The number of nitro groups is 1. The number of aryl methyl sites for hydroxylation is 1. The number of fused-ring (bicyclic) bond motifs is 1. The molecule has 4 aromatic rings. The lowest BCUT2D eigenvalue weighted by Gasteiger charge is -2.07. The smallest absolute Gasteiger partial charge is 0.271 e. The van der Waals surface area contributed by atoms with E-state index in [1.165, 1.54) is 36.3 Å². The molecular formula is C21H19N5O4S. The van der Waals surface area contributed by atoms with E-state index in [1.807, 2.05) is 26.0 Å². The van der Waals surface area contributed by atoms with Gasteiger partial charge < -0.3 is 14.3 Å². The molecule has 0 saturated carbocycles. The molecule has 158 valence electrons. The molecule has 4 rings (SSSR count). The summed E-state index contributed by atoms with van der Waals surface area (Å²) in [4.78, 5) is 31.7. The van der Waals surface area contributed by atoms with Crippen LogP contribution in [-0.2, 0) is 11.3 Å². The lowest BCUT2D eigenvalue weighted by molar-refractivity contribution is -0.384. The summed E-state index contributed by atoms with van der Waals surface area (Å²) in [7, 11) is 0. The highest BCUT2D eigenvalue weighted by molar-refractivity contribution is 8.00. The number of carbonyl (C=O) groups excluding carboxylic acids is 1. The molecule has 0 spiro atoms. The maximum Gasteiger partial charge on any atom is 0.271 e. The summed E-state index contributed by atoms with van der Waals surface area (Å²) >= 11 is 1.30. The van der Waals surface area contributed by atoms with Crippen LogP contribution in [0.2, 0.25) is 0 Å². The molecule has 1 N–H and O–H groups in total. The predicted octanol–water partition coefficient (Wildman–Crippen LogP) is 4.33. The minimum atomic E-state index is -0.499. The molecule has 0 fully saturated rings. The van der Waals surface area contributed by atoms with Gasteiger partial charge in [0, 0.05) is 23.5 Å².